The van der Waals surface area contributed by atoms with Crippen LogP contribution in [0.15, 0.2) is 0 Å². The third kappa shape index (κ3) is 6.62. The van der Waals surface area contributed by atoms with E-state index in [1.165, 1.54) is 25.7 Å². The molecular formula is C10H22O2. The van der Waals surface area contributed by atoms with Gasteiger partial charge in [-0.3, -0.25) is 0 Å². The Hall–Kier alpha value is -0.0800. The molecule has 0 spiro atoms. The van der Waals surface area contributed by atoms with Gasteiger partial charge >= 0.3 is 0 Å². The van der Waals surface area contributed by atoms with Crippen LogP contribution in [0.3, 0.4) is 0 Å². The summed E-state index contributed by atoms with van der Waals surface area (Å²) in [5.41, 5.74) is 0. The summed E-state index contributed by atoms with van der Waals surface area (Å²) < 4.78 is 0. The van der Waals surface area contributed by atoms with Gasteiger partial charge in [0.15, 0.2) is 0 Å². The highest BCUT2D eigenvalue weighted by Crippen LogP contribution is 2.13. The Morgan fingerprint density at radius 3 is 2.25 bits per heavy atom. The van der Waals surface area contributed by atoms with E-state index < -0.39 is 0 Å². The molecule has 0 aliphatic carbocycles. The minimum Gasteiger partial charge on any atom is -0.396 e. The third-order valence-electron chi connectivity index (χ3n) is 2.26. The van der Waals surface area contributed by atoms with Crippen LogP contribution >= 0.6 is 0 Å². The molecule has 0 aliphatic heterocycles. The molecule has 2 nitrogen and oxygen atoms in total. The van der Waals surface area contributed by atoms with Crippen molar-refractivity contribution >= 4 is 0 Å². The molecule has 0 aliphatic rings. The predicted molar refractivity (Wildman–Crippen MR) is 51.0 cm³/mol. The maximum absolute atomic E-state index is 8.90. The summed E-state index contributed by atoms with van der Waals surface area (Å²) in [4.78, 5) is 0. The van der Waals surface area contributed by atoms with E-state index in [4.69, 9.17) is 10.2 Å². The number of unbranched alkanes of at least 4 members (excludes halogenated alkanes) is 3. The van der Waals surface area contributed by atoms with Crippen molar-refractivity contribution in [2.75, 3.05) is 13.2 Å². The Morgan fingerprint density at radius 2 is 1.75 bits per heavy atom. The van der Waals surface area contributed by atoms with Gasteiger partial charge in [0.05, 0.1) is 0 Å². The molecule has 0 heterocycles. The first-order chi connectivity index (χ1) is 5.85. The molecule has 0 aromatic rings. The second kappa shape index (κ2) is 9.01. The van der Waals surface area contributed by atoms with E-state index in [-0.39, 0.29) is 13.2 Å². The Bertz CT molecular complexity index is 83.9. The van der Waals surface area contributed by atoms with Crippen molar-refractivity contribution in [1.82, 2.24) is 0 Å². The average Bonchev–Trinajstić information content (AvgIpc) is 2.10. The molecule has 0 unspecified atom stereocenters. The average molecular weight is 174 g/mol. The SMILES string of the molecule is CCCCCC[C@@H](CO)CCO. The lowest BCUT2D eigenvalue weighted by Gasteiger charge is -2.11. The maximum Gasteiger partial charge on any atom is 0.0460 e. The van der Waals surface area contributed by atoms with Crippen LogP contribution in [-0.4, -0.2) is 23.4 Å². The summed E-state index contributed by atoms with van der Waals surface area (Å²) in [6.45, 7) is 2.63. The van der Waals surface area contributed by atoms with Crippen molar-refractivity contribution in [3.63, 3.8) is 0 Å². The van der Waals surface area contributed by atoms with Crippen molar-refractivity contribution in [1.29, 1.82) is 0 Å². The zero-order valence-electron chi connectivity index (χ0n) is 8.13. The Balaban J connectivity index is 3.19. The molecule has 0 bridgehead atoms. The number of hydrogen-bond acceptors (Lipinski definition) is 2. The number of rotatable bonds is 8. The van der Waals surface area contributed by atoms with Gasteiger partial charge in [0.25, 0.3) is 0 Å². The largest absolute Gasteiger partial charge is 0.396 e. The van der Waals surface area contributed by atoms with Crippen LogP contribution in [0.4, 0.5) is 0 Å². The third-order valence-corrected chi connectivity index (χ3v) is 2.26. The first-order valence-corrected chi connectivity index (χ1v) is 5.06. The zero-order chi connectivity index (χ0) is 9.23. The van der Waals surface area contributed by atoms with E-state index in [9.17, 15) is 0 Å². The number of hydrogen-bond donors (Lipinski definition) is 2. The van der Waals surface area contributed by atoms with Crippen molar-refractivity contribution in [3.8, 4) is 0 Å². The minimum absolute atomic E-state index is 0.207. The molecule has 0 saturated carbocycles. The molecule has 2 N–H and O–H groups in total. The van der Waals surface area contributed by atoms with Gasteiger partial charge < -0.3 is 10.2 Å². The highest BCUT2D eigenvalue weighted by molar-refractivity contribution is 4.57. The van der Waals surface area contributed by atoms with Gasteiger partial charge in [-0.15, -0.1) is 0 Å². The van der Waals surface area contributed by atoms with Gasteiger partial charge in [-0.2, -0.15) is 0 Å². The normalized spacial score (nSPS) is 13.2. The summed E-state index contributed by atoms with van der Waals surface area (Å²) in [6, 6.07) is 0. The summed E-state index contributed by atoms with van der Waals surface area (Å²) in [5, 5.41) is 17.6. The van der Waals surface area contributed by atoms with Gasteiger partial charge in [-0.1, -0.05) is 32.6 Å². The van der Waals surface area contributed by atoms with Crippen molar-refractivity contribution < 1.29 is 10.2 Å². The van der Waals surface area contributed by atoms with Crippen LogP contribution in [0.1, 0.15) is 45.4 Å². The molecule has 74 valence electrons. The molecular weight excluding hydrogens is 152 g/mol. The first-order valence-electron chi connectivity index (χ1n) is 5.06. The van der Waals surface area contributed by atoms with Gasteiger partial charge in [0.1, 0.15) is 0 Å². The second-order valence-corrected chi connectivity index (χ2v) is 3.41. The minimum atomic E-state index is 0.207. The predicted octanol–water partition coefficient (Wildman–Crippen LogP) is 1.95. The smallest absolute Gasteiger partial charge is 0.0460 e. The molecule has 2 heteroatoms. The summed E-state index contributed by atoms with van der Waals surface area (Å²) in [5.74, 6) is 0.326. The van der Waals surface area contributed by atoms with E-state index in [0.717, 1.165) is 12.8 Å². The van der Waals surface area contributed by atoms with Gasteiger partial charge in [0.2, 0.25) is 0 Å². The summed E-state index contributed by atoms with van der Waals surface area (Å²) in [7, 11) is 0. The molecule has 0 saturated heterocycles. The lowest BCUT2D eigenvalue weighted by Crippen LogP contribution is -2.07. The standard InChI is InChI=1S/C10H22O2/c1-2-3-4-5-6-10(9-12)7-8-11/h10-12H,2-9H2,1H3/t10-/m1/s1. The van der Waals surface area contributed by atoms with Crippen molar-refractivity contribution in [2.24, 2.45) is 5.92 Å². The molecule has 0 fully saturated rings. The van der Waals surface area contributed by atoms with E-state index in [1.807, 2.05) is 0 Å². The fourth-order valence-electron chi connectivity index (χ4n) is 1.37. The van der Waals surface area contributed by atoms with Crippen LogP contribution in [0, 0.1) is 5.92 Å². The lowest BCUT2D eigenvalue weighted by atomic mass is 9.99. The molecule has 0 aromatic carbocycles. The zero-order valence-corrected chi connectivity index (χ0v) is 8.13. The van der Waals surface area contributed by atoms with E-state index in [0.29, 0.717) is 5.92 Å². The van der Waals surface area contributed by atoms with E-state index in [2.05, 4.69) is 6.92 Å². The topological polar surface area (TPSA) is 40.5 Å². The van der Waals surface area contributed by atoms with Gasteiger partial charge in [0, 0.05) is 13.2 Å². The molecule has 1 atom stereocenters. The maximum atomic E-state index is 8.90. The molecule has 0 rings (SSSR count). The Labute approximate surface area is 75.6 Å². The van der Waals surface area contributed by atoms with Crippen LogP contribution in [0.25, 0.3) is 0 Å². The van der Waals surface area contributed by atoms with E-state index >= 15 is 0 Å². The Kier molecular flexibility index (Phi) is 8.95. The first kappa shape index (κ1) is 11.9. The fourth-order valence-corrected chi connectivity index (χ4v) is 1.37. The van der Waals surface area contributed by atoms with Crippen LogP contribution in [-0.2, 0) is 0 Å². The number of aliphatic hydroxyl groups is 2. The van der Waals surface area contributed by atoms with Crippen LogP contribution in [0.2, 0.25) is 0 Å². The van der Waals surface area contributed by atoms with Gasteiger partial charge in [-0.25, -0.2) is 0 Å². The quantitative estimate of drug-likeness (QED) is 0.552. The highest BCUT2D eigenvalue weighted by atomic mass is 16.3. The second-order valence-electron chi connectivity index (χ2n) is 3.41. The fraction of sp³-hybridized carbons (Fsp3) is 1.00. The molecule has 0 radical (unpaired) electrons. The Morgan fingerprint density at radius 1 is 1.00 bits per heavy atom. The van der Waals surface area contributed by atoms with Crippen LogP contribution in [0.5, 0.6) is 0 Å². The van der Waals surface area contributed by atoms with Gasteiger partial charge in [-0.05, 0) is 18.8 Å². The lowest BCUT2D eigenvalue weighted by molar-refractivity contribution is 0.174. The summed E-state index contributed by atoms with van der Waals surface area (Å²) >= 11 is 0. The van der Waals surface area contributed by atoms with Crippen molar-refractivity contribution in [3.05, 3.63) is 0 Å². The van der Waals surface area contributed by atoms with Crippen molar-refractivity contribution in [2.45, 2.75) is 45.4 Å². The molecule has 0 amide bonds. The molecule has 0 aromatic heterocycles. The van der Waals surface area contributed by atoms with Crippen LogP contribution < -0.4 is 0 Å². The summed E-state index contributed by atoms with van der Waals surface area (Å²) in [6.07, 6.45) is 6.82. The monoisotopic (exact) mass is 174 g/mol. The highest BCUT2D eigenvalue weighted by Gasteiger charge is 2.05. The van der Waals surface area contributed by atoms with E-state index in [1.54, 1.807) is 0 Å². The molecule has 12 heavy (non-hydrogen) atoms. The number of aliphatic hydroxyl groups excluding tert-OH is 2.